The molecule has 1 saturated carbocycles. The highest BCUT2D eigenvalue weighted by molar-refractivity contribution is 5.29. The molecule has 0 radical (unpaired) electrons. The number of quaternary nitrogens is 2. The Bertz CT molecular complexity index is 357. The van der Waals surface area contributed by atoms with Crippen molar-refractivity contribution in [3.8, 4) is 0 Å². The van der Waals surface area contributed by atoms with Gasteiger partial charge in [0.05, 0.1) is 41.3 Å². The Labute approximate surface area is 119 Å². The molecule has 4 aliphatic rings. The summed E-state index contributed by atoms with van der Waals surface area (Å²) in [4.78, 5) is 0. The molecule has 1 fully saturated rings. The SMILES string of the molecule is C[N+](C)(C)CCC[N+]1(C)CC2=C(C1)C1CCC2CC1. The lowest BCUT2D eigenvalue weighted by molar-refractivity contribution is -0.905. The van der Waals surface area contributed by atoms with Gasteiger partial charge in [-0.3, -0.25) is 0 Å². The molecule has 0 spiro atoms. The predicted octanol–water partition coefficient (Wildman–Crippen LogP) is 2.66. The van der Waals surface area contributed by atoms with Gasteiger partial charge in [0, 0.05) is 6.42 Å². The van der Waals surface area contributed by atoms with E-state index in [1.165, 1.54) is 62.8 Å². The minimum atomic E-state index is 0.985. The van der Waals surface area contributed by atoms with Gasteiger partial charge in [-0.15, -0.1) is 0 Å². The summed E-state index contributed by atoms with van der Waals surface area (Å²) in [6.45, 7) is 5.45. The van der Waals surface area contributed by atoms with Crippen LogP contribution in [0.25, 0.3) is 0 Å². The normalized spacial score (nSPS) is 37.9. The van der Waals surface area contributed by atoms with Gasteiger partial charge < -0.3 is 8.97 Å². The first-order valence-electron chi connectivity index (χ1n) is 8.22. The van der Waals surface area contributed by atoms with E-state index in [4.69, 9.17) is 0 Å². The Morgan fingerprint density at radius 2 is 1.42 bits per heavy atom. The van der Waals surface area contributed by atoms with Gasteiger partial charge in [0.1, 0.15) is 13.1 Å². The lowest BCUT2D eigenvalue weighted by Crippen LogP contribution is -2.45. The van der Waals surface area contributed by atoms with E-state index < -0.39 is 0 Å². The van der Waals surface area contributed by atoms with Crippen molar-refractivity contribution in [1.82, 2.24) is 0 Å². The van der Waals surface area contributed by atoms with E-state index in [1.54, 1.807) is 0 Å². The van der Waals surface area contributed by atoms with Crippen molar-refractivity contribution in [2.75, 3.05) is 54.4 Å². The second kappa shape index (κ2) is 4.60. The number of nitrogens with zero attached hydrogens (tertiary/aromatic N) is 2. The topological polar surface area (TPSA) is 0 Å². The van der Waals surface area contributed by atoms with Crippen molar-refractivity contribution in [3.63, 3.8) is 0 Å². The van der Waals surface area contributed by atoms with Crippen LogP contribution < -0.4 is 0 Å². The van der Waals surface area contributed by atoms with Crippen molar-refractivity contribution in [1.29, 1.82) is 0 Å². The molecule has 0 saturated heterocycles. The van der Waals surface area contributed by atoms with Crippen LogP contribution >= 0.6 is 0 Å². The molecule has 1 heterocycles. The van der Waals surface area contributed by atoms with Crippen LogP contribution in [-0.2, 0) is 0 Å². The summed E-state index contributed by atoms with van der Waals surface area (Å²) in [5.74, 6) is 1.97. The van der Waals surface area contributed by atoms with Gasteiger partial charge in [0.25, 0.3) is 0 Å². The fourth-order valence-corrected chi connectivity index (χ4v) is 4.74. The quantitative estimate of drug-likeness (QED) is 0.541. The van der Waals surface area contributed by atoms with Crippen molar-refractivity contribution in [2.45, 2.75) is 32.1 Å². The fraction of sp³-hybridized carbons (Fsp3) is 0.882. The standard InChI is InChI=1S/C17H32N2/c1-18(2,3)10-5-11-19(4)12-16-14-6-7-15(9-8-14)17(16)13-19/h14-15H,5-13H2,1-4H3/q+2. The van der Waals surface area contributed by atoms with Crippen LogP contribution in [0.15, 0.2) is 11.1 Å². The highest BCUT2D eigenvalue weighted by Gasteiger charge is 2.45. The number of likely N-dealkylation sites (N-methyl/N-ethyl adjacent to an activating group) is 1. The predicted molar refractivity (Wildman–Crippen MR) is 80.8 cm³/mol. The highest BCUT2D eigenvalue weighted by Crippen LogP contribution is 2.49. The summed E-state index contributed by atoms with van der Waals surface area (Å²) in [6.07, 6.45) is 7.38. The summed E-state index contributed by atoms with van der Waals surface area (Å²) in [5, 5.41) is 0. The average Bonchev–Trinajstić information content (AvgIpc) is 2.68. The van der Waals surface area contributed by atoms with E-state index in [2.05, 4.69) is 28.2 Å². The molecule has 0 atom stereocenters. The second-order valence-electron chi connectivity index (χ2n) is 8.63. The molecular formula is C17H32N2+2. The van der Waals surface area contributed by atoms with Gasteiger partial charge in [0.15, 0.2) is 0 Å². The van der Waals surface area contributed by atoms with Gasteiger partial charge in [-0.2, -0.15) is 0 Å². The Kier molecular flexibility index (Phi) is 3.30. The molecule has 0 aromatic rings. The second-order valence-corrected chi connectivity index (χ2v) is 8.63. The average molecular weight is 264 g/mol. The maximum absolute atomic E-state index is 2.51. The van der Waals surface area contributed by atoms with Crippen LogP contribution in [0.4, 0.5) is 0 Å². The van der Waals surface area contributed by atoms with Gasteiger partial charge in [0.2, 0.25) is 0 Å². The Morgan fingerprint density at radius 3 is 1.84 bits per heavy atom. The van der Waals surface area contributed by atoms with Crippen molar-refractivity contribution < 1.29 is 8.97 Å². The van der Waals surface area contributed by atoms with Gasteiger partial charge in [-0.05, 0) is 48.7 Å². The third-order valence-corrected chi connectivity index (χ3v) is 5.76. The molecule has 0 unspecified atom stereocenters. The fourth-order valence-electron chi connectivity index (χ4n) is 4.74. The molecule has 4 rings (SSSR count). The maximum atomic E-state index is 2.51. The zero-order valence-corrected chi connectivity index (χ0v) is 13.4. The molecule has 3 aliphatic carbocycles. The van der Waals surface area contributed by atoms with Gasteiger partial charge >= 0.3 is 0 Å². The van der Waals surface area contributed by atoms with Crippen LogP contribution in [-0.4, -0.2) is 63.3 Å². The smallest absolute Gasteiger partial charge is 0.101 e. The molecule has 2 bridgehead atoms. The van der Waals surface area contributed by atoms with E-state index >= 15 is 0 Å². The van der Waals surface area contributed by atoms with Crippen molar-refractivity contribution >= 4 is 0 Å². The molecule has 0 N–H and O–H groups in total. The molecule has 0 aromatic heterocycles. The summed E-state index contributed by atoms with van der Waals surface area (Å²) < 4.78 is 2.43. The van der Waals surface area contributed by atoms with Gasteiger partial charge in [-0.25, -0.2) is 0 Å². The Morgan fingerprint density at radius 1 is 0.947 bits per heavy atom. The van der Waals surface area contributed by atoms with Crippen LogP contribution in [0.1, 0.15) is 32.1 Å². The number of hydrogen-bond acceptors (Lipinski definition) is 0. The molecule has 0 aromatic carbocycles. The molecule has 1 aliphatic heterocycles. The van der Waals surface area contributed by atoms with Crippen molar-refractivity contribution in [3.05, 3.63) is 11.1 Å². The lowest BCUT2D eigenvalue weighted by Gasteiger charge is -2.35. The lowest BCUT2D eigenvalue weighted by atomic mass is 9.68. The monoisotopic (exact) mass is 264 g/mol. The van der Waals surface area contributed by atoms with Gasteiger partial charge in [-0.1, -0.05) is 0 Å². The first-order chi connectivity index (χ1) is 8.86. The minimum absolute atomic E-state index is 0.985. The summed E-state index contributed by atoms with van der Waals surface area (Å²) in [5.41, 5.74) is 3.82. The van der Waals surface area contributed by atoms with Crippen LogP contribution in [0.3, 0.4) is 0 Å². The van der Waals surface area contributed by atoms with E-state index in [0.29, 0.717) is 0 Å². The molecule has 0 amide bonds. The van der Waals surface area contributed by atoms with E-state index in [-0.39, 0.29) is 0 Å². The first kappa shape index (κ1) is 13.6. The van der Waals surface area contributed by atoms with Crippen LogP contribution in [0, 0.1) is 11.8 Å². The van der Waals surface area contributed by atoms with E-state index in [9.17, 15) is 0 Å². The van der Waals surface area contributed by atoms with Crippen LogP contribution in [0.5, 0.6) is 0 Å². The van der Waals surface area contributed by atoms with E-state index in [1.807, 2.05) is 11.1 Å². The molecular weight excluding hydrogens is 232 g/mol. The maximum Gasteiger partial charge on any atom is 0.101 e. The largest absolute Gasteiger partial charge is 0.331 e. The van der Waals surface area contributed by atoms with E-state index in [0.717, 1.165) is 16.3 Å². The third-order valence-electron chi connectivity index (χ3n) is 5.76. The minimum Gasteiger partial charge on any atom is -0.331 e. The zero-order valence-electron chi connectivity index (χ0n) is 13.4. The number of fused-ring (bicyclic) bond motifs is 2. The molecule has 2 heteroatoms. The number of hydrogen-bond donors (Lipinski definition) is 0. The van der Waals surface area contributed by atoms with Crippen molar-refractivity contribution in [2.24, 2.45) is 11.8 Å². The summed E-state index contributed by atoms with van der Waals surface area (Å²) in [7, 11) is 9.45. The third kappa shape index (κ3) is 2.75. The summed E-state index contributed by atoms with van der Waals surface area (Å²) in [6, 6.07) is 0. The molecule has 108 valence electrons. The molecule has 19 heavy (non-hydrogen) atoms. The highest BCUT2D eigenvalue weighted by atomic mass is 15.3. The Hall–Kier alpha value is -0.340. The zero-order chi connectivity index (χ0) is 13.7. The Balaban J connectivity index is 1.60. The van der Waals surface area contributed by atoms with Crippen LogP contribution in [0.2, 0.25) is 0 Å². The summed E-state index contributed by atoms with van der Waals surface area (Å²) >= 11 is 0. The first-order valence-corrected chi connectivity index (χ1v) is 8.22. The molecule has 2 nitrogen and oxygen atoms in total. The number of rotatable bonds is 4.